The average molecular weight is 637 g/mol. The minimum atomic E-state index is -0.770. The second kappa shape index (κ2) is 13.0. The Balaban J connectivity index is 1.38. The first kappa shape index (κ1) is 30.6. The number of nitrogens with one attached hydrogen (secondary N) is 4. The Hall–Kier alpha value is -6.02. The van der Waals surface area contributed by atoms with Gasteiger partial charge in [-0.15, -0.1) is 0 Å². The molecule has 0 amide bonds. The second-order valence-corrected chi connectivity index (χ2v) is 12.0. The number of aromatic nitrogens is 4. The standard InChI is InChI=1S/C40H36N4O4/c1-4-47-33-22-29(20-21-32(33)48-23-30-10-7-9-26-8-5-6-11-31(26)30)34(35-37(41-43-39(35)45)27-16-12-24(2)13-17-27)36-38(42-44-40(36)46)28-18-14-25(3)15-19-28/h5-22,34H,4,23H2,1-3H3,(H2,41,43,45)(H2,42,44,46). The Morgan fingerprint density at radius 2 is 1.19 bits per heavy atom. The molecule has 48 heavy (non-hydrogen) atoms. The van der Waals surface area contributed by atoms with Crippen LogP contribution in [0, 0.1) is 13.8 Å². The van der Waals surface area contributed by atoms with E-state index in [4.69, 9.17) is 9.47 Å². The zero-order valence-corrected chi connectivity index (χ0v) is 27.0. The van der Waals surface area contributed by atoms with Gasteiger partial charge in [-0.3, -0.25) is 30.0 Å². The van der Waals surface area contributed by atoms with Gasteiger partial charge in [-0.2, -0.15) is 0 Å². The summed E-state index contributed by atoms with van der Waals surface area (Å²) < 4.78 is 12.5. The molecule has 7 aromatic rings. The molecule has 0 fully saturated rings. The average Bonchev–Trinajstić information content (AvgIpc) is 3.67. The van der Waals surface area contributed by atoms with Crippen molar-refractivity contribution in [2.45, 2.75) is 33.3 Å². The predicted molar refractivity (Wildman–Crippen MR) is 190 cm³/mol. The molecule has 0 aliphatic heterocycles. The van der Waals surface area contributed by atoms with Crippen molar-refractivity contribution in [2.75, 3.05) is 6.61 Å². The van der Waals surface area contributed by atoms with Crippen LogP contribution in [0.2, 0.25) is 0 Å². The molecule has 7 rings (SSSR count). The number of fused-ring (bicyclic) bond motifs is 1. The molecule has 5 aromatic carbocycles. The Bertz CT molecular complexity index is 2220. The number of benzene rings is 5. The number of aryl methyl sites for hydroxylation is 2. The Labute approximate surface area is 277 Å². The third-order valence-electron chi connectivity index (χ3n) is 8.75. The number of aromatic amines is 4. The van der Waals surface area contributed by atoms with Crippen molar-refractivity contribution in [3.63, 3.8) is 0 Å². The number of H-pyrrole nitrogens is 4. The van der Waals surface area contributed by atoms with E-state index in [1.54, 1.807) is 0 Å². The molecule has 8 nitrogen and oxygen atoms in total. The first-order chi connectivity index (χ1) is 23.4. The zero-order valence-electron chi connectivity index (χ0n) is 27.0. The van der Waals surface area contributed by atoms with Gasteiger partial charge < -0.3 is 9.47 Å². The van der Waals surface area contributed by atoms with Gasteiger partial charge in [-0.1, -0.05) is 108 Å². The van der Waals surface area contributed by atoms with Crippen LogP contribution in [0.5, 0.6) is 11.5 Å². The molecule has 0 aliphatic carbocycles. The van der Waals surface area contributed by atoms with Crippen LogP contribution in [0.25, 0.3) is 33.3 Å². The highest BCUT2D eigenvalue weighted by Gasteiger charge is 2.32. The molecular formula is C40H36N4O4. The van der Waals surface area contributed by atoms with Crippen LogP contribution >= 0.6 is 0 Å². The fraction of sp³-hybridized carbons (Fsp3) is 0.150. The Morgan fingerprint density at radius 3 is 1.79 bits per heavy atom. The van der Waals surface area contributed by atoms with Crippen molar-refractivity contribution < 1.29 is 9.47 Å². The van der Waals surface area contributed by atoms with E-state index in [0.717, 1.165) is 38.6 Å². The van der Waals surface area contributed by atoms with Crippen molar-refractivity contribution in [3.05, 3.63) is 163 Å². The molecule has 2 aromatic heterocycles. The molecule has 0 radical (unpaired) electrons. The van der Waals surface area contributed by atoms with Crippen molar-refractivity contribution in [1.29, 1.82) is 0 Å². The Morgan fingerprint density at radius 1 is 0.604 bits per heavy atom. The zero-order chi connectivity index (χ0) is 33.2. The van der Waals surface area contributed by atoms with Gasteiger partial charge in [0.2, 0.25) is 0 Å². The van der Waals surface area contributed by atoms with Crippen LogP contribution in [0.1, 0.15) is 46.2 Å². The van der Waals surface area contributed by atoms with Crippen molar-refractivity contribution in [3.8, 4) is 34.0 Å². The molecule has 0 unspecified atom stereocenters. The molecule has 2 heterocycles. The van der Waals surface area contributed by atoms with Crippen molar-refractivity contribution in [1.82, 2.24) is 20.4 Å². The molecule has 240 valence electrons. The summed E-state index contributed by atoms with van der Waals surface area (Å²) >= 11 is 0. The van der Waals surface area contributed by atoms with Crippen LogP contribution < -0.4 is 20.6 Å². The summed E-state index contributed by atoms with van der Waals surface area (Å²) in [6.45, 7) is 6.68. The van der Waals surface area contributed by atoms with Gasteiger partial charge in [0, 0.05) is 5.92 Å². The predicted octanol–water partition coefficient (Wildman–Crippen LogP) is 7.98. The molecule has 8 heteroatoms. The minimum Gasteiger partial charge on any atom is -0.490 e. The largest absolute Gasteiger partial charge is 0.490 e. The van der Waals surface area contributed by atoms with E-state index in [2.05, 4.69) is 44.7 Å². The van der Waals surface area contributed by atoms with Crippen LogP contribution in [0.15, 0.2) is 119 Å². The maximum Gasteiger partial charge on any atom is 0.268 e. The third kappa shape index (κ3) is 5.84. The van der Waals surface area contributed by atoms with Crippen LogP contribution in [0.3, 0.4) is 0 Å². The van der Waals surface area contributed by atoms with E-state index < -0.39 is 5.92 Å². The molecular weight excluding hydrogens is 600 g/mol. The third-order valence-corrected chi connectivity index (χ3v) is 8.75. The summed E-state index contributed by atoms with van der Waals surface area (Å²) in [5.41, 5.74) is 7.01. The summed E-state index contributed by atoms with van der Waals surface area (Å²) in [6.07, 6.45) is 0. The van der Waals surface area contributed by atoms with E-state index in [9.17, 15) is 9.59 Å². The minimum absolute atomic E-state index is 0.319. The highest BCUT2D eigenvalue weighted by Crippen LogP contribution is 2.41. The molecule has 0 saturated heterocycles. The highest BCUT2D eigenvalue weighted by atomic mass is 16.5. The van der Waals surface area contributed by atoms with Gasteiger partial charge >= 0.3 is 0 Å². The van der Waals surface area contributed by atoms with E-state index in [1.165, 1.54) is 0 Å². The van der Waals surface area contributed by atoms with Crippen LogP contribution in [-0.2, 0) is 6.61 Å². The Kier molecular flexibility index (Phi) is 8.29. The lowest BCUT2D eigenvalue weighted by atomic mass is 9.83. The van der Waals surface area contributed by atoms with Gasteiger partial charge in [-0.25, -0.2) is 0 Å². The van der Waals surface area contributed by atoms with Gasteiger partial charge in [-0.05, 0) is 65.9 Å². The normalized spacial score (nSPS) is 11.3. The lowest BCUT2D eigenvalue weighted by molar-refractivity contribution is 0.270. The van der Waals surface area contributed by atoms with Crippen LogP contribution in [0.4, 0.5) is 0 Å². The molecule has 0 aliphatic rings. The first-order valence-electron chi connectivity index (χ1n) is 16.0. The maximum absolute atomic E-state index is 13.8. The molecule has 0 saturated carbocycles. The fourth-order valence-corrected chi connectivity index (χ4v) is 6.32. The SMILES string of the molecule is CCOc1cc(C(c2c(-c3ccc(C)cc3)[nH][nH]c2=O)c2c(-c3ccc(C)cc3)[nH][nH]c2=O)ccc1OCc1cccc2ccccc12. The lowest BCUT2D eigenvalue weighted by Gasteiger charge is -2.20. The summed E-state index contributed by atoms with van der Waals surface area (Å²) in [5, 5.41) is 14.0. The van der Waals surface area contributed by atoms with E-state index >= 15 is 0 Å². The smallest absolute Gasteiger partial charge is 0.268 e. The van der Waals surface area contributed by atoms with Crippen molar-refractivity contribution in [2.24, 2.45) is 0 Å². The number of rotatable bonds is 10. The summed E-state index contributed by atoms with van der Waals surface area (Å²) in [5.74, 6) is 0.317. The number of hydrogen-bond donors (Lipinski definition) is 4. The number of hydrogen-bond acceptors (Lipinski definition) is 4. The molecule has 0 spiro atoms. The van der Waals surface area contributed by atoms with E-state index in [-0.39, 0.29) is 11.1 Å². The topological polar surface area (TPSA) is 116 Å². The molecule has 0 atom stereocenters. The monoisotopic (exact) mass is 636 g/mol. The summed E-state index contributed by atoms with van der Waals surface area (Å²) in [6, 6.07) is 35.9. The van der Waals surface area contributed by atoms with Crippen LogP contribution in [-0.4, -0.2) is 27.0 Å². The quantitative estimate of drug-likeness (QED) is 0.122. The fourth-order valence-electron chi connectivity index (χ4n) is 6.32. The van der Waals surface area contributed by atoms with Gasteiger partial charge in [0.15, 0.2) is 11.5 Å². The highest BCUT2D eigenvalue weighted by molar-refractivity contribution is 5.85. The second-order valence-electron chi connectivity index (χ2n) is 12.0. The molecule has 4 N–H and O–H groups in total. The lowest BCUT2D eigenvalue weighted by Crippen LogP contribution is -2.20. The maximum atomic E-state index is 13.8. The first-order valence-corrected chi connectivity index (χ1v) is 16.0. The van der Waals surface area contributed by atoms with Gasteiger partial charge in [0.1, 0.15) is 6.61 Å². The van der Waals surface area contributed by atoms with E-state index in [1.807, 2.05) is 106 Å². The number of ether oxygens (including phenoxy) is 2. The van der Waals surface area contributed by atoms with Gasteiger partial charge in [0.05, 0.1) is 29.1 Å². The van der Waals surface area contributed by atoms with Gasteiger partial charge in [0.25, 0.3) is 11.1 Å². The van der Waals surface area contributed by atoms with Crippen molar-refractivity contribution >= 4 is 10.8 Å². The molecule has 0 bridgehead atoms. The summed E-state index contributed by atoms with van der Waals surface area (Å²) in [7, 11) is 0. The summed E-state index contributed by atoms with van der Waals surface area (Å²) in [4.78, 5) is 27.5. The van der Waals surface area contributed by atoms with E-state index in [0.29, 0.717) is 52.8 Å².